The van der Waals surface area contributed by atoms with Crippen molar-refractivity contribution in [3.8, 4) is 73.6 Å². The molecular weight excluding hydrogens is 1270 g/mol. The quantitative estimate of drug-likeness (QED) is 0.0884. The number of carbonyl (C=O) groups is 3. The molecule has 14 rings (SSSR count). The number of ether oxygens (including phenoxy) is 2. The van der Waals surface area contributed by atoms with E-state index < -0.39 is 0 Å². The molecule has 12 aromatic rings. The molecule has 2 saturated heterocycles. The number of nitriles is 1. The highest BCUT2D eigenvalue weighted by atomic mass is 35.5. The lowest BCUT2D eigenvalue weighted by Crippen LogP contribution is -2.42. The molecule has 0 saturated carbocycles. The SMILES string of the molecule is CN(CC#N)C(=O)Cn1nc(-c2ccccc2)c2c(Cl)c(-c3ccccc3)nnc21.O=C(Cn1nc(-c2ccccc2)c2c(Cl)c(-c3ccccc3)nnc21)N1CCOCC1.O=C(Cn1nc(-c2ccccc2)c2c(Cl)c(-c3ccccc3)nnc21)NCCN1CCOCC1. The monoisotopic (exact) mass is 1330 g/mol. The Morgan fingerprint density at radius 3 is 1.15 bits per heavy atom. The number of amides is 3. The van der Waals surface area contributed by atoms with Crippen LogP contribution in [0.3, 0.4) is 0 Å². The average Bonchev–Trinajstić information content (AvgIpc) is 1.65. The third-order valence-corrected chi connectivity index (χ3v) is 17.0. The van der Waals surface area contributed by atoms with Crippen LogP contribution in [0.2, 0.25) is 15.1 Å². The molecule has 0 atom stereocenters. The zero-order valence-electron chi connectivity index (χ0n) is 51.6. The second-order valence-corrected chi connectivity index (χ2v) is 23.2. The minimum Gasteiger partial charge on any atom is -0.379 e. The van der Waals surface area contributed by atoms with Crippen LogP contribution < -0.4 is 5.32 Å². The number of carbonyl (C=O) groups excluding carboxylic acids is 3. The van der Waals surface area contributed by atoms with Gasteiger partial charge in [0.25, 0.3) is 0 Å². The molecule has 2 aliphatic heterocycles. The third kappa shape index (κ3) is 14.9. The van der Waals surface area contributed by atoms with Crippen LogP contribution in [-0.2, 0) is 43.5 Å². The number of nitrogens with one attached hydrogen (secondary N) is 1. The molecule has 1 N–H and O–H groups in total. The fourth-order valence-electron chi connectivity index (χ4n) is 11.0. The number of hydrogen-bond acceptors (Lipinski definition) is 16. The maximum Gasteiger partial charge on any atom is 0.244 e. The second kappa shape index (κ2) is 30.6. The number of benzene rings is 6. The predicted molar refractivity (Wildman–Crippen MR) is 365 cm³/mol. The normalized spacial score (nSPS) is 13.1. The summed E-state index contributed by atoms with van der Waals surface area (Å²) in [4.78, 5) is 43.5. The second-order valence-electron chi connectivity index (χ2n) is 22.1. The van der Waals surface area contributed by atoms with Gasteiger partial charge in [-0.15, -0.1) is 30.6 Å². The summed E-state index contributed by atoms with van der Waals surface area (Å²) < 4.78 is 15.4. The lowest BCUT2D eigenvalue weighted by molar-refractivity contribution is -0.136. The average molecular weight is 1330 g/mol. The van der Waals surface area contributed by atoms with Gasteiger partial charge in [-0.2, -0.15) is 20.6 Å². The summed E-state index contributed by atoms with van der Waals surface area (Å²) in [6.07, 6.45) is 0. The van der Waals surface area contributed by atoms with E-state index in [9.17, 15) is 14.4 Å². The minimum absolute atomic E-state index is 0.00579. The molecule has 2 aliphatic rings. The molecule has 0 aliphatic carbocycles. The molecule has 22 nitrogen and oxygen atoms in total. The van der Waals surface area contributed by atoms with E-state index >= 15 is 0 Å². The lowest BCUT2D eigenvalue weighted by Gasteiger charge is -2.26. The van der Waals surface area contributed by atoms with Gasteiger partial charge >= 0.3 is 0 Å². The zero-order chi connectivity index (χ0) is 65.6. The fourth-order valence-corrected chi connectivity index (χ4v) is 11.9. The van der Waals surface area contributed by atoms with Crippen molar-refractivity contribution in [1.29, 1.82) is 5.26 Å². The summed E-state index contributed by atoms with van der Waals surface area (Å²) in [5.74, 6) is -0.426. The van der Waals surface area contributed by atoms with E-state index in [0.29, 0.717) is 115 Å². The van der Waals surface area contributed by atoms with Gasteiger partial charge in [-0.05, 0) is 0 Å². The highest BCUT2D eigenvalue weighted by Gasteiger charge is 2.27. The van der Waals surface area contributed by atoms with E-state index in [4.69, 9.17) is 59.7 Å². The first-order valence-electron chi connectivity index (χ1n) is 30.7. The lowest BCUT2D eigenvalue weighted by atomic mass is 10.1. The molecule has 25 heteroatoms. The summed E-state index contributed by atoms with van der Waals surface area (Å²) in [6, 6.07) is 60.0. The van der Waals surface area contributed by atoms with Gasteiger partial charge in [-0.25, -0.2) is 14.0 Å². The van der Waals surface area contributed by atoms with Crippen LogP contribution in [0.15, 0.2) is 182 Å². The van der Waals surface area contributed by atoms with Gasteiger partial charge < -0.3 is 24.6 Å². The summed E-state index contributed by atoms with van der Waals surface area (Å²) >= 11 is 20.5. The van der Waals surface area contributed by atoms with Crippen LogP contribution in [0.1, 0.15) is 0 Å². The van der Waals surface area contributed by atoms with Crippen LogP contribution in [0.4, 0.5) is 0 Å². The van der Waals surface area contributed by atoms with Crippen LogP contribution in [0.5, 0.6) is 0 Å². The molecule has 6 aromatic carbocycles. The molecule has 2 fully saturated rings. The number of likely N-dealkylation sites (N-methyl/N-ethyl adjacent to an activating group) is 1. The Morgan fingerprint density at radius 2 is 0.789 bits per heavy atom. The highest BCUT2D eigenvalue weighted by Crippen LogP contribution is 2.40. The smallest absolute Gasteiger partial charge is 0.244 e. The van der Waals surface area contributed by atoms with Crippen LogP contribution in [-0.4, -0.2) is 172 Å². The largest absolute Gasteiger partial charge is 0.379 e. The van der Waals surface area contributed by atoms with Crippen molar-refractivity contribution in [2.75, 3.05) is 79.3 Å². The summed E-state index contributed by atoms with van der Waals surface area (Å²) in [5, 5.41) is 55.6. The molecule has 8 heterocycles. The Labute approximate surface area is 561 Å². The minimum atomic E-state index is -0.259. The highest BCUT2D eigenvalue weighted by molar-refractivity contribution is 6.40. The number of halogens is 3. The molecular formula is C70H62Cl3N17O5. The zero-order valence-corrected chi connectivity index (χ0v) is 53.8. The maximum atomic E-state index is 12.9. The van der Waals surface area contributed by atoms with Crippen LogP contribution in [0, 0.1) is 11.3 Å². The van der Waals surface area contributed by atoms with Gasteiger partial charge in [0, 0.05) is 79.7 Å². The Kier molecular flexibility index (Phi) is 20.8. The molecule has 0 radical (unpaired) electrons. The van der Waals surface area contributed by atoms with E-state index in [2.05, 4.69) is 45.9 Å². The molecule has 0 unspecified atom stereocenters. The van der Waals surface area contributed by atoms with Gasteiger partial charge in [0.15, 0.2) is 16.9 Å². The first-order chi connectivity index (χ1) is 46.5. The molecule has 0 bridgehead atoms. The first kappa shape index (κ1) is 64.7. The number of nitrogens with zero attached hydrogens (tertiary/aromatic N) is 16. The van der Waals surface area contributed by atoms with Gasteiger partial charge in [0.1, 0.15) is 60.3 Å². The molecule has 478 valence electrons. The van der Waals surface area contributed by atoms with Crippen molar-refractivity contribution in [2.45, 2.75) is 19.6 Å². The van der Waals surface area contributed by atoms with Gasteiger partial charge in [0.2, 0.25) is 17.7 Å². The topological polar surface area (TPSA) is 246 Å². The summed E-state index contributed by atoms with van der Waals surface area (Å²) in [5.41, 5.74) is 10.3. The maximum absolute atomic E-state index is 12.9. The Hall–Kier alpha value is -10.4. The van der Waals surface area contributed by atoms with Gasteiger partial charge in [-0.1, -0.05) is 217 Å². The van der Waals surface area contributed by atoms with Crippen LogP contribution >= 0.6 is 34.8 Å². The predicted octanol–water partition coefficient (Wildman–Crippen LogP) is 10.7. The van der Waals surface area contributed by atoms with Crippen molar-refractivity contribution in [2.24, 2.45) is 0 Å². The van der Waals surface area contributed by atoms with Crippen molar-refractivity contribution in [3.05, 3.63) is 197 Å². The van der Waals surface area contributed by atoms with Crippen molar-refractivity contribution in [1.82, 2.24) is 80.0 Å². The molecule has 3 amide bonds. The fraction of sp³-hybridized carbons (Fsp3) is 0.214. The number of fused-ring (bicyclic) bond motifs is 3. The first-order valence-corrected chi connectivity index (χ1v) is 31.8. The van der Waals surface area contributed by atoms with Crippen LogP contribution in [0.25, 0.3) is 101 Å². The Balaban J connectivity index is 0.000000137. The van der Waals surface area contributed by atoms with E-state index in [-0.39, 0.29) is 43.9 Å². The Morgan fingerprint density at radius 1 is 0.463 bits per heavy atom. The van der Waals surface area contributed by atoms with Crippen molar-refractivity contribution < 1.29 is 23.9 Å². The van der Waals surface area contributed by atoms with E-state index in [1.54, 1.807) is 21.3 Å². The number of hydrogen-bond donors (Lipinski definition) is 1. The van der Waals surface area contributed by atoms with Gasteiger partial charge in [-0.3, -0.25) is 19.3 Å². The summed E-state index contributed by atoms with van der Waals surface area (Å²) in [7, 11) is 1.57. The standard InChI is InChI=1S/C25H25ClN6O2.C23H20ClN5O2.C22H17ClN6O/c26-22-21-23(18-7-3-1-4-8-18)30-32(17-20(33)27-11-12-31-13-15-34-16-14-31)25(21)29-28-24(22)19-9-5-2-6-10-19;24-20-19-21(16-7-3-1-4-8-16)27-29(15-18(30)28-11-13-31-14-12-28)23(19)26-25-22(20)17-9-5-2-6-10-17;1-28(13-12-24)17(30)14-29-22-18(20(27-29)15-8-4-2-5-9-15)19(23)21(25-26-22)16-10-6-3-7-11-16/h1-10H,11-17H2,(H,27,33);1-10H,11-15H2;2-11H,13-14H2,1H3. The number of morpholine rings is 2. The molecule has 95 heavy (non-hydrogen) atoms. The van der Waals surface area contributed by atoms with Crippen molar-refractivity contribution in [3.63, 3.8) is 0 Å². The third-order valence-electron chi connectivity index (χ3n) is 15.9. The van der Waals surface area contributed by atoms with E-state index in [1.807, 2.05) is 188 Å². The van der Waals surface area contributed by atoms with Crippen molar-refractivity contribution >= 4 is 85.6 Å². The molecule has 0 spiro atoms. The van der Waals surface area contributed by atoms with E-state index in [0.717, 1.165) is 66.2 Å². The summed E-state index contributed by atoms with van der Waals surface area (Å²) in [6.45, 7) is 6.87. The van der Waals surface area contributed by atoms with E-state index in [1.165, 1.54) is 9.58 Å². The number of rotatable bonds is 16. The Bertz CT molecular complexity index is 4690. The number of aromatic nitrogens is 12. The molecule has 6 aromatic heterocycles. The van der Waals surface area contributed by atoms with Gasteiger partial charge in [0.05, 0.1) is 63.7 Å².